The Morgan fingerprint density at radius 3 is 2.47 bits per heavy atom. The number of benzene rings is 4. The molecule has 0 aliphatic carbocycles. The third-order valence-electron chi connectivity index (χ3n) is 7.76. The van der Waals surface area contributed by atoms with Crippen LogP contribution in [0, 0.1) is 0 Å². The minimum Gasteiger partial charge on any atom is -0.494 e. The van der Waals surface area contributed by atoms with Crippen LogP contribution in [0.5, 0.6) is 5.75 Å². The Hall–Kier alpha value is -5.26. The Kier molecular flexibility index (Phi) is 12.0. The van der Waals surface area contributed by atoms with Crippen LogP contribution in [0.25, 0.3) is 20.9 Å². The Morgan fingerprint density at radius 2 is 1.73 bits per heavy atom. The lowest BCUT2D eigenvalue weighted by Gasteiger charge is -2.32. The number of aliphatic hydroxyl groups is 1. The van der Waals surface area contributed by atoms with E-state index in [-0.39, 0.29) is 37.7 Å². The van der Waals surface area contributed by atoms with Gasteiger partial charge >= 0.3 is 0 Å². The van der Waals surface area contributed by atoms with Gasteiger partial charge in [0, 0.05) is 52.6 Å². The molecule has 13 nitrogen and oxygen atoms in total. The summed E-state index contributed by atoms with van der Waals surface area (Å²) in [5, 5.41) is 17.5. The van der Waals surface area contributed by atoms with E-state index in [2.05, 4.69) is 30.9 Å². The number of rotatable bonds is 15. The fourth-order valence-corrected chi connectivity index (χ4v) is 5.70. The van der Waals surface area contributed by atoms with Crippen molar-refractivity contribution in [3.63, 3.8) is 0 Å². The second-order valence-corrected chi connectivity index (χ2v) is 11.7. The van der Waals surface area contributed by atoms with Gasteiger partial charge in [-0.25, -0.2) is 10.4 Å². The van der Waals surface area contributed by atoms with Gasteiger partial charge in [-0.05, 0) is 64.2 Å². The maximum Gasteiger partial charge on any atom is 0.266 e. The largest absolute Gasteiger partial charge is 0.494 e. The zero-order valence-corrected chi connectivity index (χ0v) is 27.6. The molecule has 49 heavy (non-hydrogen) atoms. The summed E-state index contributed by atoms with van der Waals surface area (Å²) in [6.45, 7) is 0.621. The molecule has 5 rings (SSSR count). The summed E-state index contributed by atoms with van der Waals surface area (Å²) in [5.74, 6) is 0.226. The number of nitrogens with zero attached hydrogens (tertiary/aromatic N) is 7. The highest BCUT2D eigenvalue weighted by atomic mass is 35.5. The maximum atomic E-state index is 14.6. The van der Waals surface area contributed by atoms with Gasteiger partial charge in [0.2, 0.25) is 5.90 Å². The van der Waals surface area contributed by atoms with Crippen LogP contribution in [0.1, 0.15) is 40.3 Å². The van der Waals surface area contributed by atoms with Crippen molar-refractivity contribution < 1.29 is 19.4 Å². The number of halogens is 2. The van der Waals surface area contributed by atoms with Crippen LogP contribution in [0.4, 0.5) is 5.69 Å². The monoisotopic (exact) mass is 699 g/mol. The van der Waals surface area contributed by atoms with Gasteiger partial charge in [0.1, 0.15) is 5.75 Å². The van der Waals surface area contributed by atoms with Gasteiger partial charge in [-0.2, -0.15) is 0 Å². The van der Waals surface area contributed by atoms with Crippen molar-refractivity contribution in [2.24, 2.45) is 15.2 Å². The maximum absolute atomic E-state index is 14.6. The number of hydrogen-bond donors (Lipinski definition) is 3. The van der Waals surface area contributed by atoms with Gasteiger partial charge in [0.05, 0.1) is 23.2 Å². The average molecular weight is 701 g/mol. The van der Waals surface area contributed by atoms with E-state index in [4.69, 9.17) is 48.3 Å². The van der Waals surface area contributed by atoms with Gasteiger partial charge in [0.25, 0.3) is 5.91 Å². The molecule has 1 heterocycles. The van der Waals surface area contributed by atoms with Gasteiger partial charge in [-0.3, -0.25) is 10.2 Å². The zero-order valence-electron chi connectivity index (χ0n) is 26.0. The van der Waals surface area contributed by atoms with Crippen LogP contribution in [-0.4, -0.2) is 35.7 Å². The smallest absolute Gasteiger partial charge is 0.266 e. The fourth-order valence-electron chi connectivity index (χ4n) is 5.37. The lowest BCUT2D eigenvalue weighted by molar-refractivity contribution is -0.130. The number of hydrazine groups is 1. The summed E-state index contributed by atoms with van der Waals surface area (Å²) in [7, 11) is 0. The van der Waals surface area contributed by atoms with Crippen LogP contribution < -0.4 is 15.6 Å². The molecule has 15 heteroatoms. The first-order valence-electron chi connectivity index (χ1n) is 15.2. The zero-order chi connectivity index (χ0) is 34.6. The second-order valence-electron chi connectivity index (χ2n) is 10.9. The molecule has 1 amide bonds. The van der Waals surface area contributed by atoms with E-state index in [1.54, 1.807) is 66.7 Å². The summed E-state index contributed by atoms with van der Waals surface area (Å²) in [6, 6.07) is 26.3. The second kappa shape index (κ2) is 16.7. The predicted molar refractivity (Wildman–Crippen MR) is 186 cm³/mol. The third kappa shape index (κ3) is 8.43. The Labute approximate surface area is 291 Å². The molecule has 1 aliphatic heterocycles. The van der Waals surface area contributed by atoms with Crippen LogP contribution >= 0.6 is 23.2 Å². The standard InChI is InChI=1S/C34H31Cl2N9O4/c35-28-15-10-22(18-29(28)36)20-39-43-33(47)34(19-24-6-1-2-7-25(24)21-40-44-37)31(27-8-3-4-9-30(27)42-45-38)49-32(41-34)23-11-13-26(14-12-23)48-17-5-16-46/h1-4,6-15,18,31,39,46H,5,16-17,19-21H2,(H,43,47)/t31-,34-/m0/s1. The molecule has 0 bridgehead atoms. The van der Waals surface area contributed by atoms with Crippen LogP contribution in [0.2, 0.25) is 10.0 Å². The summed E-state index contributed by atoms with van der Waals surface area (Å²) in [6.07, 6.45) is -0.559. The molecule has 4 aromatic rings. The highest BCUT2D eigenvalue weighted by molar-refractivity contribution is 6.42. The van der Waals surface area contributed by atoms with E-state index in [1.807, 2.05) is 24.3 Å². The highest BCUT2D eigenvalue weighted by Gasteiger charge is 2.54. The molecule has 0 spiro atoms. The molecule has 0 aromatic heterocycles. The number of azide groups is 2. The Bertz CT molecular complexity index is 1930. The van der Waals surface area contributed by atoms with E-state index in [0.29, 0.717) is 51.1 Å². The SMILES string of the molecule is [N-]=[N+]=NCc1ccccc1C[C@]1(C(=O)NNCc2ccc(Cl)c(Cl)c2)N=C(c2ccc(OCCCO)cc2)O[C@H]1c1ccccc1N=[N+]=[N-]. The number of ether oxygens (including phenoxy) is 2. The molecule has 0 saturated carbocycles. The molecule has 0 saturated heterocycles. The lowest BCUT2D eigenvalue weighted by atomic mass is 9.80. The first-order chi connectivity index (χ1) is 23.9. The van der Waals surface area contributed by atoms with E-state index < -0.39 is 17.6 Å². The molecule has 0 unspecified atom stereocenters. The Balaban J connectivity index is 1.60. The first kappa shape index (κ1) is 35.1. The van der Waals surface area contributed by atoms with Crippen LogP contribution in [-0.2, 0) is 29.0 Å². The topological polar surface area (TPSA) is 190 Å². The Morgan fingerprint density at radius 1 is 0.980 bits per heavy atom. The summed E-state index contributed by atoms with van der Waals surface area (Å²) in [4.78, 5) is 25.5. The molecule has 0 fully saturated rings. The van der Waals surface area contributed by atoms with Crippen molar-refractivity contribution in [1.82, 2.24) is 10.9 Å². The summed E-state index contributed by atoms with van der Waals surface area (Å²) in [5.41, 5.74) is 26.0. The number of aliphatic hydroxyl groups excluding tert-OH is 1. The van der Waals surface area contributed by atoms with E-state index in [1.165, 1.54) is 0 Å². The number of nitrogens with one attached hydrogen (secondary N) is 2. The fraction of sp³-hybridized carbons (Fsp3) is 0.235. The molecule has 0 radical (unpaired) electrons. The van der Waals surface area contributed by atoms with E-state index in [0.717, 1.165) is 5.56 Å². The number of aliphatic imine (C=N–C) groups is 1. The number of carbonyl (C=O) groups is 1. The van der Waals surface area contributed by atoms with Gasteiger partial charge in [-0.1, -0.05) is 88.0 Å². The van der Waals surface area contributed by atoms with Crippen molar-refractivity contribution in [3.8, 4) is 5.75 Å². The van der Waals surface area contributed by atoms with Crippen LogP contribution in [0.3, 0.4) is 0 Å². The minimum absolute atomic E-state index is 0.0138. The molecule has 2 atom stereocenters. The quantitative estimate of drug-likeness (QED) is 0.0374. The number of amides is 1. The van der Waals surface area contributed by atoms with Gasteiger partial charge in [0.15, 0.2) is 11.6 Å². The predicted octanol–water partition coefficient (Wildman–Crippen LogP) is 7.83. The highest BCUT2D eigenvalue weighted by Crippen LogP contribution is 2.45. The number of hydrogen-bond acceptors (Lipinski definition) is 8. The van der Waals surface area contributed by atoms with Crippen molar-refractivity contribution in [3.05, 3.63) is 150 Å². The molecular weight excluding hydrogens is 669 g/mol. The minimum atomic E-state index is -1.66. The van der Waals surface area contributed by atoms with Crippen molar-refractivity contribution in [2.45, 2.75) is 37.6 Å². The molecule has 1 aliphatic rings. The first-order valence-corrected chi connectivity index (χ1v) is 15.9. The van der Waals surface area contributed by atoms with E-state index >= 15 is 0 Å². The van der Waals surface area contributed by atoms with Crippen LogP contribution in [0.15, 0.2) is 106 Å². The van der Waals surface area contributed by atoms with E-state index in [9.17, 15) is 10.3 Å². The molecule has 4 aromatic carbocycles. The third-order valence-corrected chi connectivity index (χ3v) is 8.50. The average Bonchev–Trinajstić information content (AvgIpc) is 3.50. The summed E-state index contributed by atoms with van der Waals surface area (Å²) < 4.78 is 12.3. The lowest BCUT2D eigenvalue weighted by Crippen LogP contribution is -2.53. The molecule has 3 N–H and O–H groups in total. The number of carbonyl (C=O) groups excluding carboxylic acids is 1. The normalized spacial score (nSPS) is 16.5. The summed E-state index contributed by atoms with van der Waals surface area (Å²) >= 11 is 12.3. The van der Waals surface area contributed by atoms with Gasteiger partial charge < -0.3 is 14.6 Å². The van der Waals surface area contributed by atoms with Crippen molar-refractivity contribution in [2.75, 3.05) is 13.2 Å². The molecular formula is C34H31Cl2N9O4. The molecule has 250 valence electrons. The van der Waals surface area contributed by atoms with Crippen molar-refractivity contribution >= 4 is 40.7 Å². The van der Waals surface area contributed by atoms with Crippen molar-refractivity contribution in [1.29, 1.82) is 0 Å². The van der Waals surface area contributed by atoms with Gasteiger partial charge in [-0.15, -0.1) is 0 Å².